The van der Waals surface area contributed by atoms with Crippen molar-refractivity contribution in [2.75, 3.05) is 16.8 Å². The van der Waals surface area contributed by atoms with Gasteiger partial charge in [0.05, 0.1) is 16.9 Å². The number of nitrogens with two attached hydrogens (primary N) is 2. The van der Waals surface area contributed by atoms with Gasteiger partial charge in [-0.05, 0) is 24.8 Å². The molecule has 6 N–H and O–H groups in total. The van der Waals surface area contributed by atoms with Crippen molar-refractivity contribution < 1.29 is 8.78 Å². The summed E-state index contributed by atoms with van der Waals surface area (Å²) in [5.41, 5.74) is 10.6. The highest BCUT2D eigenvalue weighted by Gasteiger charge is 2.32. The summed E-state index contributed by atoms with van der Waals surface area (Å²) in [5, 5.41) is 12.4. The van der Waals surface area contributed by atoms with Crippen LogP contribution in [-0.2, 0) is 0 Å². The van der Waals surface area contributed by atoms with E-state index < -0.39 is 18.0 Å². The van der Waals surface area contributed by atoms with E-state index in [9.17, 15) is 18.8 Å². The number of halogens is 2. The summed E-state index contributed by atoms with van der Waals surface area (Å²) in [7, 11) is 0. The van der Waals surface area contributed by atoms with E-state index in [0.717, 1.165) is 19.3 Å². The van der Waals surface area contributed by atoms with Crippen LogP contribution in [0.15, 0.2) is 23.0 Å². The van der Waals surface area contributed by atoms with Crippen LogP contribution >= 0.6 is 0 Å². The first-order valence-electron chi connectivity index (χ1n) is 9.29. The standard InChI is InChI=1S/C19H18F2N8O/c20-14(21)9-5-2-6-11-12(9)18(30)28-17(25-11)13(8-3-1-4-8)26-16-10(7-22)15(23)27-19(24)29-16/h2,5-6,8,13-14H,1,3-4H2,(H,25,28,30)(H5,23,24,26,27,29)/t13-/m0/s1. The van der Waals surface area contributed by atoms with Gasteiger partial charge in [0, 0.05) is 5.56 Å². The fourth-order valence-corrected chi connectivity index (χ4v) is 3.60. The maximum Gasteiger partial charge on any atom is 0.264 e. The highest BCUT2D eigenvalue weighted by atomic mass is 19.3. The van der Waals surface area contributed by atoms with Crippen LogP contribution < -0.4 is 22.3 Å². The zero-order chi connectivity index (χ0) is 21.4. The number of anilines is 3. The van der Waals surface area contributed by atoms with Crippen LogP contribution in [0.25, 0.3) is 10.9 Å². The van der Waals surface area contributed by atoms with Crippen molar-refractivity contribution in [2.24, 2.45) is 5.92 Å². The second-order valence-corrected chi connectivity index (χ2v) is 7.11. The van der Waals surface area contributed by atoms with Gasteiger partial charge in [-0.3, -0.25) is 4.79 Å². The molecule has 0 bridgehead atoms. The van der Waals surface area contributed by atoms with Gasteiger partial charge >= 0.3 is 0 Å². The van der Waals surface area contributed by atoms with Crippen molar-refractivity contribution in [1.82, 2.24) is 19.9 Å². The molecule has 1 saturated carbocycles. The Labute approximate surface area is 169 Å². The molecule has 0 radical (unpaired) electrons. The van der Waals surface area contributed by atoms with Crippen LogP contribution in [0, 0.1) is 17.2 Å². The molecule has 1 fully saturated rings. The smallest absolute Gasteiger partial charge is 0.264 e. The molecule has 3 aromatic rings. The fourth-order valence-electron chi connectivity index (χ4n) is 3.60. The van der Waals surface area contributed by atoms with Crippen molar-refractivity contribution in [3.63, 3.8) is 0 Å². The number of aromatic amines is 1. The largest absolute Gasteiger partial charge is 0.382 e. The Hall–Kier alpha value is -3.81. The molecule has 1 aliphatic carbocycles. The van der Waals surface area contributed by atoms with Crippen molar-refractivity contribution in [3.8, 4) is 6.07 Å². The first kappa shape index (κ1) is 19.5. The zero-order valence-electron chi connectivity index (χ0n) is 15.7. The molecule has 30 heavy (non-hydrogen) atoms. The third-order valence-corrected chi connectivity index (χ3v) is 5.29. The van der Waals surface area contributed by atoms with Crippen LogP contribution in [0.3, 0.4) is 0 Å². The van der Waals surface area contributed by atoms with Gasteiger partial charge in [-0.2, -0.15) is 15.2 Å². The molecule has 4 rings (SSSR count). The molecule has 1 atom stereocenters. The zero-order valence-corrected chi connectivity index (χ0v) is 15.7. The quantitative estimate of drug-likeness (QED) is 0.497. The number of rotatable bonds is 5. The number of nitriles is 1. The SMILES string of the molecule is N#Cc1c(N)nc(N)nc1N[C@H](c1nc2cccc(C(F)F)c2c(=O)[nH]1)C1CCC1. The van der Waals surface area contributed by atoms with Gasteiger partial charge in [-0.1, -0.05) is 18.6 Å². The summed E-state index contributed by atoms with van der Waals surface area (Å²) in [6.07, 6.45) is -0.0915. The van der Waals surface area contributed by atoms with Gasteiger partial charge in [0.1, 0.15) is 23.3 Å². The van der Waals surface area contributed by atoms with E-state index in [1.54, 1.807) is 0 Å². The van der Waals surface area contributed by atoms with Crippen LogP contribution in [0.4, 0.5) is 26.4 Å². The first-order valence-corrected chi connectivity index (χ1v) is 9.29. The topological polar surface area (TPSA) is 159 Å². The second kappa shape index (κ2) is 7.55. The van der Waals surface area contributed by atoms with Crippen LogP contribution in [0.1, 0.15) is 48.7 Å². The van der Waals surface area contributed by atoms with Crippen molar-refractivity contribution in [3.05, 3.63) is 45.5 Å². The number of hydrogen-bond donors (Lipinski definition) is 4. The third kappa shape index (κ3) is 3.36. The van der Waals surface area contributed by atoms with E-state index in [2.05, 4.69) is 25.3 Å². The van der Waals surface area contributed by atoms with E-state index in [4.69, 9.17) is 11.5 Å². The van der Waals surface area contributed by atoms with E-state index in [1.807, 2.05) is 6.07 Å². The van der Waals surface area contributed by atoms with E-state index in [0.29, 0.717) is 0 Å². The Morgan fingerprint density at radius 3 is 2.63 bits per heavy atom. The lowest BCUT2D eigenvalue weighted by Gasteiger charge is -2.34. The number of alkyl halides is 2. The Morgan fingerprint density at radius 2 is 2.00 bits per heavy atom. The second-order valence-electron chi connectivity index (χ2n) is 7.11. The van der Waals surface area contributed by atoms with E-state index in [1.165, 1.54) is 18.2 Å². The normalized spacial score (nSPS) is 15.0. The maximum absolute atomic E-state index is 13.3. The Morgan fingerprint density at radius 1 is 1.23 bits per heavy atom. The Balaban J connectivity index is 1.82. The first-order chi connectivity index (χ1) is 14.4. The van der Waals surface area contributed by atoms with Gasteiger partial charge in [0.2, 0.25) is 5.95 Å². The maximum atomic E-state index is 13.3. The Kier molecular flexibility index (Phi) is 4.91. The van der Waals surface area contributed by atoms with E-state index >= 15 is 0 Å². The number of nitrogens with one attached hydrogen (secondary N) is 2. The summed E-state index contributed by atoms with van der Waals surface area (Å²) >= 11 is 0. The van der Waals surface area contributed by atoms with Gasteiger partial charge in [0.25, 0.3) is 12.0 Å². The molecule has 11 heteroatoms. The van der Waals surface area contributed by atoms with Crippen molar-refractivity contribution in [2.45, 2.75) is 31.7 Å². The lowest BCUT2D eigenvalue weighted by molar-refractivity contribution is 0.153. The molecule has 0 unspecified atom stereocenters. The molecule has 2 aromatic heterocycles. The molecule has 0 aliphatic heterocycles. The summed E-state index contributed by atoms with van der Waals surface area (Å²) in [6, 6.07) is 5.57. The van der Waals surface area contributed by atoms with Crippen LogP contribution in [0.5, 0.6) is 0 Å². The minimum atomic E-state index is -2.80. The third-order valence-electron chi connectivity index (χ3n) is 5.29. The number of aromatic nitrogens is 4. The number of H-pyrrole nitrogens is 1. The molecule has 9 nitrogen and oxygen atoms in total. The number of nitrogen functional groups attached to an aromatic ring is 2. The molecular formula is C19H18F2N8O. The molecule has 1 aromatic carbocycles. The molecule has 2 heterocycles. The summed E-state index contributed by atoms with van der Waals surface area (Å²) in [5.74, 6) is 0.309. The minimum Gasteiger partial charge on any atom is -0.382 e. The summed E-state index contributed by atoms with van der Waals surface area (Å²) in [6.45, 7) is 0. The summed E-state index contributed by atoms with van der Waals surface area (Å²) < 4.78 is 26.6. The molecule has 0 spiro atoms. The highest BCUT2D eigenvalue weighted by Crippen LogP contribution is 2.39. The molecule has 1 aliphatic rings. The van der Waals surface area contributed by atoms with Gasteiger partial charge < -0.3 is 21.8 Å². The van der Waals surface area contributed by atoms with Gasteiger partial charge in [-0.15, -0.1) is 0 Å². The molecule has 0 amide bonds. The predicted molar refractivity (Wildman–Crippen MR) is 107 cm³/mol. The summed E-state index contributed by atoms with van der Waals surface area (Å²) in [4.78, 5) is 27.6. The average molecular weight is 412 g/mol. The number of nitrogens with zero attached hydrogens (tertiary/aromatic N) is 4. The molecule has 0 saturated heterocycles. The number of hydrogen-bond acceptors (Lipinski definition) is 8. The lowest BCUT2D eigenvalue weighted by Crippen LogP contribution is -2.30. The Bertz CT molecular complexity index is 1220. The molecular weight excluding hydrogens is 394 g/mol. The monoisotopic (exact) mass is 412 g/mol. The highest BCUT2D eigenvalue weighted by molar-refractivity contribution is 5.81. The van der Waals surface area contributed by atoms with Crippen molar-refractivity contribution >= 4 is 28.5 Å². The lowest BCUT2D eigenvalue weighted by atomic mass is 9.79. The van der Waals surface area contributed by atoms with Crippen molar-refractivity contribution in [1.29, 1.82) is 5.26 Å². The van der Waals surface area contributed by atoms with Gasteiger partial charge in [-0.25, -0.2) is 13.8 Å². The molecule has 154 valence electrons. The van der Waals surface area contributed by atoms with Gasteiger partial charge in [0.15, 0.2) is 5.82 Å². The number of fused-ring (bicyclic) bond motifs is 1. The number of benzene rings is 1. The van der Waals surface area contributed by atoms with Crippen LogP contribution in [-0.4, -0.2) is 19.9 Å². The van der Waals surface area contributed by atoms with E-state index in [-0.39, 0.29) is 51.4 Å². The average Bonchev–Trinajstić information content (AvgIpc) is 2.65. The van der Waals surface area contributed by atoms with Crippen LogP contribution in [0.2, 0.25) is 0 Å². The minimum absolute atomic E-state index is 0.0247. The predicted octanol–water partition coefficient (Wildman–Crippen LogP) is 2.64. The fraction of sp³-hybridized carbons (Fsp3) is 0.316.